The third-order valence-electron chi connectivity index (χ3n) is 4.03. The maximum absolute atomic E-state index is 12.2. The van der Waals surface area contributed by atoms with Crippen LogP contribution in [-0.2, 0) is 0 Å². The number of aryl methyl sites for hydroxylation is 1. The topological polar surface area (TPSA) is 47.2 Å². The Morgan fingerprint density at radius 2 is 2.05 bits per heavy atom. The molecular formula is C16H15N3O. The van der Waals surface area contributed by atoms with Crippen molar-refractivity contribution in [3.8, 4) is 5.69 Å². The standard InChI is InChI=1S/C16H15N3O/c1-10-4-2-3-5-14(10)19-16-12(9-17-19)15(20)8-13(18-16)11-6-7-11/h2-5,9,11H,6-8H2,1H3. The van der Waals surface area contributed by atoms with Crippen molar-refractivity contribution in [1.29, 1.82) is 0 Å². The lowest BCUT2D eigenvalue weighted by atomic mass is 10.0. The van der Waals surface area contributed by atoms with Crippen LogP contribution in [0, 0.1) is 12.8 Å². The lowest BCUT2D eigenvalue weighted by Crippen LogP contribution is -2.15. The van der Waals surface area contributed by atoms with Crippen molar-refractivity contribution in [2.45, 2.75) is 26.2 Å². The summed E-state index contributed by atoms with van der Waals surface area (Å²) in [6.07, 6.45) is 4.45. The number of hydrogen-bond acceptors (Lipinski definition) is 3. The molecule has 0 amide bonds. The number of hydrogen-bond donors (Lipinski definition) is 0. The first-order valence-corrected chi connectivity index (χ1v) is 6.99. The molecule has 4 rings (SSSR count). The van der Waals surface area contributed by atoms with Gasteiger partial charge in [-0.15, -0.1) is 0 Å². The van der Waals surface area contributed by atoms with Gasteiger partial charge in [-0.3, -0.25) is 4.79 Å². The Morgan fingerprint density at radius 1 is 1.25 bits per heavy atom. The smallest absolute Gasteiger partial charge is 0.173 e. The van der Waals surface area contributed by atoms with Gasteiger partial charge in [0.25, 0.3) is 0 Å². The van der Waals surface area contributed by atoms with Crippen LogP contribution in [0.2, 0.25) is 0 Å². The van der Waals surface area contributed by atoms with E-state index in [1.165, 1.54) is 12.8 Å². The summed E-state index contributed by atoms with van der Waals surface area (Å²) in [5.41, 5.74) is 3.80. The van der Waals surface area contributed by atoms with Gasteiger partial charge in [-0.25, -0.2) is 9.67 Å². The number of nitrogens with zero attached hydrogens (tertiary/aromatic N) is 3. The maximum Gasteiger partial charge on any atom is 0.173 e. The number of carbonyl (C=O) groups is 1. The third-order valence-corrected chi connectivity index (χ3v) is 4.03. The Bertz CT molecular complexity index is 738. The second-order valence-electron chi connectivity index (χ2n) is 5.56. The van der Waals surface area contributed by atoms with Gasteiger partial charge >= 0.3 is 0 Å². The summed E-state index contributed by atoms with van der Waals surface area (Å²) >= 11 is 0. The molecule has 2 heterocycles. The second-order valence-corrected chi connectivity index (χ2v) is 5.56. The summed E-state index contributed by atoms with van der Waals surface area (Å²) in [5.74, 6) is 1.38. The van der Waals surface area contributed by atoms with Crippen LogP contribution in [0.1, 0.15) is 35.2 Å². The van der Waals surface area contributed by atoms with Crippen LogP contribution >= 0.6 is 0 Å². The fraction of sp³-hybridized carbons (Fsp3) is 0.312. The SMILES string of the molecule is Cc1ccccc1-n1ncc2c1N=C(C1CC1)CC2=O. The number of rotatable bonds is 2. The predicted octanol–water partition coefficient (Wildman–Crippen LogP) is 3.25. The van der Waals surface area contributed by atoms with Crippen molar-refractivity contribution in [1.82, 2.24) is 9.78 Å². The molecule has 0 radical (unpaired) electrons. The van der Waals surface area contributed by atoms with Gasteiger partial charge in [0, 0.05) is 5.71 Å². The van der Waals surface area contributed by atoms with Crippen LogP contribution in [0.15, 0.2) is 35.5 Å². The number of fused-ring (bicyclic) bond motifs is 1. The molecule has 20 heavy (non-hydrogen) atoms. The molecule has 1 aliphatic heterocycles. The summed E-state index contributed by atoms with van der Waals surface area (Å²) in [7, 11) is 0. The van der Waals surface area contributed by atoms with Crippen molar-refractivity contribution in [3.05, 3.63) is 41.6 Å². The first-order valence-electron chi connectivity index (χ1n) is 6.99. The quantitative estimate of drug-likeness (QED) is 0.836. The van der Waals surface area contributed by atoms with Crippen LogP contribution in [-0.4, -0.2) is 21.3 Å². The number of benzene rings is 1. The number of para-hydroxylation sites is 1. The average Bonchev–Trinajstić information content (AvgIpc) is 3.20. The number of Topliss-reactive ketones (excluding diaryl/α,β-unsaturated/α-hetero) is 1. The minimum absolute atomic E-state index is 0.150. The Hall–Kier alpha value is -2.23. The van der Waals surface area contributed by atoms with Gasteiger partial charge in [-0.05, 0) is 37.3 Å². The number of ketones is 1. The Balaban J connectivity index is 1.89. The molecule has 0 bridgehead atoms. The normalized spacial score (nSPS) is 17.9. The van der Waals surface area contributed by atoms with Crippen molar-refractivity contribution in [2.75, 3.05) is 0 Å². The van der Waals surface area contributed by atoms with Crippen LogP contribution < -0.4 is 0 Å². The Kier molecular flexibility index (Phi) is 2.39. The van der Waals surface area contributed by atoms with Gasteiger partial charge in [0.15, 0.2) is 11.6 Å². The first kappa shape index (κ1) is 11.6. The molecule has 0 N–H and O–H groups in total. The summed E-state index contributed by atoms with van der Waals surface area (Å²) in [6, 6.07) is 8.03. The zero-order valence-corrected chi connectivity index (χ0v) is 11.3. The molecular weight excluding hydrogens is 250 g/mol. The van der Waals surface area contributed by atoms with Gasteiger partial charge in [0.2, 0.25) is 0 Å². The molecule has 0 saturated heterocycles. The van der Waals surface area contributed by atoms with E-state index in [0.29, 0.717) is 23.7 Å². The highest BCUT2D eigenvalue weighted by molar-refractivity contribution is 6.16. The summed E-state index contributed by atoms with van der Waals surface area (Å²) in [4.78, 5) is 17.0. The molecule has 4 nitrogen and oxygen atoms in total. The second kappa shape index (κ2) is 4.13. The van der Waals surface area contributed by atoms with E-state index in [1.807, 2.05) is 31.2 Å². The van der Waals surface area contributed by atoms with E-state index >= 15 is 0 Å². The minimum Gasteiger partial charge on any atom is -0.294 e. The van der Waals surface area contributed by atoms with E-state index in [1.54, 1.807) is 10.9 Å². The van der Waals surface area contributed by atoms with Crippen LogP contribution in [0.5, 0.6) is 0 Å². The minimum atomic E-state index is 0.150. The highest BCUT2D eigenvalue weighted by Crippen LogP contribution is 2.38. The van der Waals surface area contributed by atoms with Crippen molar-refractivity contribution < 1.29 is 4.79 Å². The molecule has 0 unspecified atom stereocenters. The Labute approximate surface area is 117 Å². The van der Waals surface area contributed by atoms with Gasteiger partial charge in [0.1, 0.15) is 0 Å². The lowest BCUT2D eigenvalue weighted by Gasteiger charge is -2.13. The van der Waals surface area contributed by atoms with Crippen LogP contribution in [0.4, 0.5) is 5.82 Å². The number of aromatic nitrogens is 2. The van der Waals surface area contributed by atoms with E-state index in [4.69, 9.17) is 4.99 Å². The zero-order chi connectivity index (χ0) is 13.7. The summed E-state index contributed by atoms with van der Waals surface area (Å²) < 4.78 is 1.80. The highest BCUT2D eigenvalue weighted by atomic mass is 16.1. The molecule has 2 aliphatic rings. The predicted molar refractivity (Wildman–Crippen MR) is 77.1 cm³/mol. The fourth-order valence-electron chi connectivity index (χ4n) is 2.71. The van der Waals surface area contributed by atoms with E-state index in [2.05, 4.69) is 5.10 Å². The monoisotopic (exact) mass is 265 g/mol. The molecule has 2 aromatic rings. The van der Waals surface area contributed by atoms with Crippen LogP contribution in [0.3, 0.4) is 0 Å². The van der Waals surface area contributed by atoms with E-state index in [0.717, 1.165) is 17.0 Å². The molecule has 0 atom stereocenters. The van der Waals surface area contributed by atoms with Gasteiger partial charge in [-0.1, -0.05) is 18.2 Å². The van der Waals surface area contributed by atoms with E-state index in [-0.39, 0.29) is 5.78 Å². The van der Waals surface area contributed by atoms with Gasteiger partial charge in [-0.2, -0.15) is 5.10 Å². The Morgan fingerprint density at radius 3 is 2.80 bits per heavy atom. The van der Waals surface area contributed by atoms with Crippen molar-refractivity contribution in [2.24, 2.45) is 10.9 Å². The van der Waals surface area contributed by atoms with E-state index in [9.17, 15) is 4.79 Å². The summed E-state index contributed by atoms with van der Waals surface area (Å²) in [6.45, 7) is 2.04. The summed E-state index contributed by atoms with van der Waals surface area (Å²) in [5, 5.41) is 4.38. The molecule has 4 heteroatoms. The first-order chi connectivity index (χ1) is 9.74. The maximum atomic E-state index is 12.2. The number of carbonyl (C=O) groups excluding carboxylic acids is 1. The molecule has 100 valence electrons. The average molecular weight is 265 g/mol. The molecule has 1 fully saturated rings. The fourth-order valence-corrected chi connectivity index (χ4v) is 2.71. The van der Waals surface area contributed by atoms with Gasteiger partial charge in [0.05, 0.1) is 23.9 Å². The largest absolute Gasteiger partial charge is 0.294 e. The molecule has 1 aromatic carbocycles. The van der Waals surface area contributed by atoms with Crippen molar-refractivity contribution in [3.63, 3.8) is 0 Å². The lowest BCUT2D eigenvalue weighted by molar-refractivity contribution is 0.0999. The molecule has 1 aliphatic carbocycles. The van der Waals surface area contributed by atoms with Crippen molar-refractivity contribution >= 4 is 17.3 Å². The molecule has 1 saturated carbocycles. The zero-order valence-electron chi connectivity index (χ0n) is 11.3. The molecule has 1 aromatic heterocycles. The van der Waals surface area contributed by atoms with Crippen LogP contribution in [0.25, 0.3) is 5.69 Å². The highest BCUT2D eigenvalue weighted by Gasteiger charge is 2.33. The number of aliphatic imine (C=N–C) groups is 1. The third kappa shape index (κ3) is 1.72. The van der Waals surface area contributed by atoms with Gasteiger partial charge < -0.3 is 0 Å². The van der Waals surface area contributed by atoms with E-state index < -0.39 is 0 Å². The molecule has 0 spiro atoms.